The molecule has 0 aromatic heterocycles. The summed E-state index contributed by atoms with van der Waals surface area (Å²) in [6.07, 6.45) is 0.745. The highest BCUT2D eigenvalue weighted by Crippen LogP contribution is 2.20. The minimum absolute atomic E-state index is 0.0540. The summed E-state index contributed by atoms with van der Waals surface area (Å²) in [6, 6.07) is 13.9. The normalized spacial score (nSPS) is 10.9. The van der Waals surface area contributed by atoms with Gasteiger partial charge in [0.15, 0.2) is 0 Å². The molecule has 0 saturated heterocycles. The van der Waals surface area contributed by atoms with Crippen LogP contribution in [0.2, 0.25) is 0 Å². The smallest absolute Gasteiger partial charge is 0.251 e. The van der Waals surface area contributed by atoms with Crippen LogP contribution in [0.1, 0.15) is 37.6 Å². The number of hydrogen-bond acceptors (Lipinski definition) is 5. The average Bonchev–Trinajstić information content (AvgIpc) is 2.75. The van der Waals surface area contributed by atoms with Gasteiger partial charge in [0.1, 0.15) is 0 Å². The van der Waals surface area contributed by atoms with Crippen molar-refractivity contribution in [2.24, 2.45) is 5.41 Å². The molecule has 8 heteroatoms. The fourth-order valence-corrected chi connectivity index (χ4v) is 2.64. The molecule has 2 rings (SSSR count). The van der Waals surface area contributed by atoms with E-state index in [1.807, 2.05) is 26.8 Å². The number of benzene rings is 2. The number of carbonyl (C=O) groups excluding carboxylic acids is 3. The van der Waals surface area contributed by atoms with Crippen LogP contribution in [0, 0.1) is 5.41 Å². The van der Waals surface area contributed by atoms with E-state index in [1.165, 1.54) is 0 Å². The van der Waals surface area contributed by atoms with Crippen molar-refractivity contribution < 1.29 is 19.1 Å². The number of nitrogens with one attached hydrogen (secondary N) is 4. The Labute approximate surface area is 189 Å². The topological polar surface area (TPSA) is 109 Å². The molecular weight excluding hydrogens is 408 g/mol. The molecule has 0 radical (unpaired) electrons. The van der Waals surface area contributed by atoms with Gasteiger partial charge in [0.05, 0.1) is 6.54 Å². The van der Waals surface area contributed by atoms with Crippen molar-refractivity contribution in [1.82, 2.24) is 5.32 Å². The predicted octanol–water partition coefficient (Wildman–Crippen LogP) is 3.49. The van der Waals surface area contributed by atoms with E-state index in [-0.39, 0.29) is 24.3 Å². The second-order valence-corrected chi connectivity index (χ2v) is 8.37. The van der Waals surface area contributed by atoms with Crippen molar-refractivity contribution in [2.75, 3.05) is 42.8 Å². The Morgan fingerprint density at radius 1 is 0.906 bits per heavy atom. The molecule has 0 aliphatic carbocycles. The van der Waals surface area contributed by atoms with Crippen molar-refractivity contribution in [3.05, 3.63) is 54.1 Å². The number of carbonyl (C=O) groups is 3. The van der Waals surface area contributed by atoms with E-state index in [2.05, 4.69) is 21.3 Å². The Morgan fingerprint density at radius 2 is 1.59 bits per heavy atom. The quantitative estimate of drug-likeness (QED) is 0.423. The third kappa shape index (κ3) is 8.39. The summed E-state index contributed by atoms with van der Waals surface area (Å²) in [6.45, 7) is 6.72. The summed E-state index contributed by atoms with van der Waals surface area (Å²) in [5, 5.41) is 11.5. The van der Waals surface area contributed by atoms with Crippen LogP contribution < -0.4 is 21.3 Å². The van der Waals surface area contributed by atoms with Gasteiger partial charge >= 0.3 is 0 Å². The van der Waals surface area contributed by atoms with Crippen molar-refractivity contribution >= 4 is 34.8 Å². The Bertz CT molecular complexity index is 920. The van der Waals surface area contributed by atoms with E-state index < -0.39 is 5.41 Å². The van der Waals surface area contributed by atoms with Gasteiger partial charge in [-0.05, 0) is 48.9 Å². The molecule has 0 aliphatic heterocycles. The SMILES string of the molecule is COCCCNC(=O)c1ccc(NC(=O)CNc2cccc(NC(=O)C(C)(C)C)c2)cc1. The number of ether oxygens (including phenoxy) is 1. The summed E-state index contributed by atoms with van der Waals surface area (Å²) in [5.74, 6) is -0.482. The van der Waals surface area contributed by atoms with Gasteiger partial charge in [-0.2, -0.15) is 0 Å². The van der Waals surface area contributed by atoms with Gasteiger partial charge in [-0.1, -0.05) is 26.8 Å². The lowest BCUT2D eigenvalue weighted by atomic mass is 9.95. The zero-order valence-corrected chi connectivity index (χ0v) is 19.1. The first-order chi connectivity index (χ1) is 15.2. The third-order valence-electron chi connectivity index (χ3n) is 4.50. The molecule has 2 aromatic carbocycles. The van der Waals surface area contributed by atoms with E-state index in [0.29, 0.717) is 35.8 Å². The maximum atomic E-state index is 12.3. The number of amides is 3. The molecule has 0 aliphatic rings. The van der Waals surface area contributed by atoms with Crippen LogP contribution >= 0.6 is 0 Å². The predicted molar refractivity (Wildman–Crippen MR) is 127 cm³/mol. The van der Waals surface area contributed by atoms with Crippen molar-refractivity contribution in [1.29, 1.82) is 0 Å². The number of hydrogen-bond donors (Lipinski definition) is 4. The molecule has 0 spiro atoms. The van der Waals surface area contributed by atoms with E-state index in [0.717, 1.165) is 6.42 Å². The fourth-order valence-electron chi connectivity index (χ4n) is 2.64. The minimum Gasteiger partial charge on any atom is -0.385 e. The van der Waals surface area contributed by atoms with Gasteiger partial charge in [-0.3, -0.25) is 14.4 Å². The zero-order chi connectivity index (χ0) is 23.6. The van der Waals surface area contributed by atoms with Gasteiger partial charge < -0.3 is 26.0 Å². The Balaban J connectivity index is 1.82. The highest BCUT2D eigenvalue weighted by molar-refractivity contribution is 5.97. The van der Waals surface area contributed by atoms with Crippen molar-refractivity contribution in [3.8, 4) is 0 Å². The van der Waals surface area contributed by atoms with Gasteiger partial charge in [0, 0.05) is 48.3 Å². The lowest BCUT2D eigenvalue weighted by Gasteiger charge is -2.18. The van der Waals surface area contributed by atoms with E-state index in [1.54, 1.807) is 49.6 Å². The number of rotatable bonds is 10. The molecule has 0 bridgehead atoms. The molecule has 0 heterocycles. The van der Waals surface area contributed by atoms with E-state index >= 15 is 0 Å². The molecule has 0 saturated carbocycles. The van der Waals surface area contributed by atoms with Crippen LogP contribution in [0.4, 0.5) is 17.1 Å². The van der Waals surface area contributed by atoms with Crippen molar-refractivity contribution in [2.45, 2.75) is 27.2 Å². The van der Waals surface area contributed by atoms with E-state index in [9.17, 15) is 14.4 Å². The van der Waals surface area contributed by atoms with Gasteiger partial charge in [0.2, 0.25) is 11.8 Å². The van der Waals surface area contributed by atoms with Crippen LogP contribution in [-0.4, -0.2) is 44.5 Å². The first kappa shape index (κ1) is 24.9. The lowest BCUT2D eigenvalue weighted by molar-refractivity contribution is -0.123. The molecule has 0 fully saturated rings. The van der Waals surface area contributed by atoms with Crippen LogP contribution in [0.15, 0.2) is 48.5 Å². The zero-order valence-electron chi connectivity index (χ0n) is 19.1. The summed E-state index contributed by atoms with van der Waals surface area (Å²) in [5.41, 5.74) is 1.99. The number of anilines is 3. The van der Waals surface area contributed by atoms with Crippen LogP contribution in [0.3, 0.4) is 0 Å². The summed E-state index contributed by atoms with van der Waals surface area (Å²) in [4.78, 5) is 36.5. The minimum atomic E-state index is -0.496. The molecule has 2 aromatic rings. The maximum absolute atomic E-state index is 12.3. The van der Waals surface area contributed by atoms with Crippen LogP contribution in [-0.2, 0) is 14.3 Å². The largest absolute Gasteiger partial charge is 0.385 e. The maximum Gasteiger partial charge on any atom is 0.251 e. The Kier molecular flexibility index (Phi) is 9.22. The Morgan fingerprint density at radius 3 is 2.25 bits per heavy atom. The highest BCUT2D eigenvalue weighted by atomic mass is 16.5. The standard InChI is InChI=1S/C24H32N4O4/c1-24(2,3)23(31)28-20-8-5-7-19(15-20)26-16-21(29)27-18-11-9-17(10-12-18)22(30)25-13-6-14-32-4/h5,7-12,15,26H,6,13-14,16H2,1-4H3,(H,25,30)(H,27,29)(H,28,31). The summed E-state index contributed by atoms with van der Waals surface area (Å²) < 4.78 is 4.95. The second-order valence-electron chi connectivity index (χ2n) is 8.37. The first-order valence-corrected chi connectivity index (χ1v) is 10.5. The van der Waals surface area contributed by atoms with Crippen LogP contribution in [0.5, 0.6) is 0 Å². The van der Waals surface area contributed by atoms with Crippen LogP contribution in [0.25, 0.3) is 0 Å². The van der Waals surface area contributed by atoms with Gasteiger partial charge in [0.25, 0.3) is 5.91 Å². The monoisotopic (exact) mass is 440 g/mol. The molecule has 0 atom stereocenters. The lowest BCUT2D eigenvalue weighted by Crippen LogP contribution is -2.27. The molecule has 3 amide bonds. The molecule has 32 heavy (non-hydrogen) atoms. The molecule has 0 unspecified atom stereocenters. The second kappa shape index (κ2) is 11.9. The van der Waals surface area contributed by atoms with Crippen molar-refractivity contribution in [3.63, 3.8) is 0 Å². The molecular formula is C24H32N4O4. The van der Waals surface area contributed by atoms with Gasteiger partial charge in [-0.25, -0.2) is 0 Å². The number of methoxy groups -OCH3 is 1. The highest BCUT2D eigenvalue weighted by Gasteiger charge is 2.21. The van der Waals surface area contributed by atoms with E-state index in [4.69, 9.17) is 4.74 Å². The summed E-state index contributed by atoms with van der Waals surface area (Å²) in [7, 11) is 1.62. The average molecular weight is 441 g/mol. The molecule has 8 nitrogen and oxygen atoms in total. The first-order valence-electron chi connectivity index (χ1n) is 10.5. The molecule has 172 valence electrons. The molecule has 4 N–H and O–H groups in total. The summed E-state index contributed by atoms with van der Waals surface area (Å²) >= 11 is 0. The van der Waals surface area contributed by atoms with Gasteiger partial charge in [-0.15, -0.1) is 0 Å². The fraction of sp³-hybridized carbons (Fsp3) is 0.375. The third-order valence-corrected chi connectivity index (χ3v) is 4.50. The Hall–Kier alpha value is -3.39.